The van der Waals surface area contributed by atoms with Gasteiger partial charge >= 0.3 is 0 Å². The van der Waals surface area contributed by atoms with E-state index in [1.54, 1.807) is 0 Å². The van der Waals surface area contributed by atoms with Crippen molar-refractivity contribution in [3.05, 3.63) is 12.8 Å². The molecule has 0 aliphatic rings. The molecule has 0 saturated heterocycles. The van der Waals surface area contributed by atoms with Crippen molar-refractivity contribution in [1.82, 2.24) is 5.32 Å². The minimum atomic E-state index is -0.308. The van der Waals surface area contributed by atoms with Gasteiger partial charge in [0.1, 0.15) is 5.78 Å². The highest BCUT2D eigenvalue weighted by atomic mass is 16.2. The van der Waals surface area contributed by atoms with E-state index in [1.807, 2.05) is 0 Å². The summed E-state index contributed by atoms with van der Waals surface area (Å²) in [7, 11) is 0. The summed E-state index contributed by atoms with van der Waals surface area (Å²) in [6.07, 6.45) is 1.19. The Kier molecular flexibility index (Phi) is 3.35. The van der Waals surface area contributed by atoms with Gasteiger partial charge in [0.2, 0.25) is 5.91 Å². The van der Waals surface area contributed by atoms with E-state index < -0.39 is 0 Å². The molecule has 9 heavy (non-hydrogen) atoms. The van der Waals surface area contributed by atoms with Crippen LogP contribution < -0.4 is 5.32 Å². The second-order valence-electron chi connectivity index (χ2n) is 1.65. The summed E-state index contributed by atoms with van der Waals surface area (Å²) in [5, 5.41) is 2.28. The predicted octanol–water partition coefficient (Wildman–Crippen LogP) is 0.225. The third kappa shape index (κ3) is 4.74. The fraction of sp³-hybridized carbons (Fsp3) is 0.333. The molecule has 0 aromatic carbocycles. The summed E-state index contributed by atoms with van der Waals surface area (Å²) in [5.41, 5.74) is 0. The second-order valence-corrected chi connectivity index (χ2v) is 1.65. The van der Waals surface area contributed by atoms with Gasteiger partial charge in [-0.2, -0.15) is 0 Å². The topological polar surface area (TPSA) is 46.2 Å². The quantitative estimate of drug-likeness (QED) is 0.551. The molecule has 1 amide bonds. The van der Waals surface area contributed by atoms with Crippen molar-refractivity contribution in [2.75, 3.05) is 0 Å². The molecule has 0 heterocycles. The zero-order valence-electron chi connectivity index (χ0n) is 5.31. The number of ketones is 1. The molecule has 0 fully saturated rings. The molecule has 0 aliphatic carbocycles. The Morgan fingerprint density at radius 2 is 2.22 bits per heavy atom. The minimum absolute atomic E-state index is 0.0635. The van der Waals surface area contributed by atoms with Gasteiger partial charge < -0.3 is 5.32 Å². The molecule has 0 aromatic rings. The Labute approximate surface area is 53.7 Å². The average molecular weight is 127 g/mol. The monoisotopic (exact) mass is 127 g/mol. The summed E-state index contributed by atoms with van der Waals surface area (Å²) in [6, 6.07) is 0. The van der Waals surface area contributed by atoms with Crippen molar-refractivity contribution in [3.63, 3.8) is 0 Å². The van der Waals surface area contributed by atoms with E-state index in [2.05, 4.69) is 11.9 Å². The van der Waals surface area contributed by atoms with Gasteiger partial charge in [-0.15, -0.1) is 0 Å². The average Bonchev–Trinajstić information content (AvgIpc) is 1.63. The molecule has 0 bridgehead atoms. The van der Waals surface area contributed by atoms with E-state index >= 15 is 0 Å². The highest BCUT2D eigenvalue weighted by Gasteiger charge is 2.00. The van der Waals surface area contributed by atoms with Crippen LogP contribution in [0.25, 0.3) is 0 Å². The number of rotatable bonds is 3. The van der Waals surface area contributed by atoms with Crippen LogP contribution in [0, 0.1) is 0 Å². The predicted molar refractivity (Wildman–Crippen MR) is 33.6 cm³/mol. The van der Waals surface area contributed by atoms with Gasteiger partial charge in [-0.3, -0.25) is 9.59 Å². The number of hydrogen-bond acceptors (Lipinski definition) is 2. The van der Waals surface area contributed by atoms with Gasteiger partial charge in [-0.05, 0) is 13.1 Å². The number of carbonyl (C=O) groups excluding carboxylic acids is 2. The maximum absolute atomic E-state index is 10.5. The zero-order valence-corrected chi connectivity index (χ0v) is 5.31. The Morgan fingerprint density at radius 3 is 2.56 bits per heavy atom. The van der Waals surface area contributed by atoms with Crippen LogP contribution in [-0.4, -0.2) is 11.7 Å². The number of hydrogen-bond donors (Lipinski definition) is 1. The van der Waals surface area contributed by atoms with Crippen LogP contribution in [0.5, 0.6) is 0 Å². The molecular formula is C6H9NO2. The van der Waals surface area contributed by atoms with Crippen LogP contribution in [0.2, 0.25) is 0 Å². The molecule has 50 valence electrons. The Balaban J connectivity index is 3.50. The normalized spacial score (nSPS) is 8.11. The van der Waals surface area contributed by atoms with Gasteiger partial charge in [0.25, 0.3) is 0 Å². The molecule has 0 atom stereocenters. The van der Waals surface area contributed by atoms with Gasteiger partial charge in [0.05, 0.1) is 6.42 Å². The molecular weight excluding hydrogens is 118 g/mol. The summed E-state index contributed by atoms with van der Waals surface area (Å²) in [6.45, 7) is 4.63. The van der Waals surface area contributed by atoms with Crippen molar-refractivity contribution >= 4 is 11.7 Å². The maximum atomic E-state index is 10.5. The summed E-state index contributed by atoms with van der Waals surface area (Å²) >= 11 is 0. The van der Waals surface area contributed by atoms with E-state index in [0.29, 0.717) is 0 Å². The third-order valence-corrected chi connectivity index (χ3v) is 0.673. The lowest BCUT2D eigenvalue weighted by molar-refractivity contribution is -0.126. The van der Waals surface area contributed by atoms with Crippen molar-refractivity contribution in [3.8, 4) is 0 Å². The molecule has 3 nitrogen and oxygen atoms in total. The van der Waals surface area contributed by atoms with Crippen LogP contribution in [0.3, 0.4) is 0 Å². The maximum Gasteiger partial charge on any atom is 0.231 e. The first-order valence-corrected chi connectivity index (χ1v) is 2.56. The molecule has 3 heteroatoms. The number of Topliss-reactive ketones (excluding diaryl/α,β-unsaturated/α-hetero) is 1. The fourth-order valence-corrected chi connectivity index (χ4v) is 0.391. The molecule has 0 saturated carbocycles. The first kappa shape index (κ1) is 7.88. The van der Waals surface area contributed by atoms with Gasteiger partial charge in [0.15, 0.2) is 0 Å². The van der Waals surface area contributed by atoms with Crippen LogP contribution in [0.15, 0.2) is 12.8 Å². The molecule has 0 aliphatic heterocycles. The molecule has 0 unspecified atom stereocenters. The second kappa shape index (κ2) is 3.83. The Hall–Kier alpha value is -1.12. The summed E-state index contributed by atoms with van der Waals surface area (Å²) < 4.78 is 0. The lowest BCUT2D eigenvalue weighted by Crippen LogP contribution is -2.18. The van der Waals surface area contributed by atoms with Crippen molar-refractivity contribution in [2.45, 2.75) is 13.3 Å². The minimum Gasteiger partial charge on any atom is -0.333 e. The van der Waals surface area contributed by atoms with E-state index in [1.165, 1.54) is 13.1 Å². The highest BCUT2D eigenvalue weighted by molar-refractivity contribution is 5.97. The first-order chi connectivity index (χ1) is 4.16. The zero-order chi connectivity index (χ0) is 7.28. The van der Waals surface area contributed by atoms with E-state index in [0.717, 1.165) is 0 Å². The fourth-order valence-electron chi connectivity index (χ4n) is 0.391. The number of carbonyl (C=O) groups is 2. The van der Waals surface area contributed by atoms with Crippen molar-refractivity contribution in [1.29, 1.82) is 0 Å². The largest absolute Gasteiger partial charge is 0.333 e. The highest BCUT2D eigenvalue weighted by Crippen LogP contribution is 1.79. The number of amides is 1. The van der Waals surface area contributed by atoms with Crippen LogP contribution >= 0.6 is 0 Å². The van der Waals surface area contributed by atoms with E-state index in [4.69, 9.17) is 0 Å². The van der Waals surface area contributed by atoms with Crippen LogP contribution in [0.4, 0.5) is 0 Å². The first-order valence-electron chi connectivity index (χ1n) is 2.56. The van der Waals surface area contributed by atoms with Gasteiger partial charge in [-0.1, -0.05) is 6.58 Å². The lowest BCUT2D eigenvalue weighted by Gasteiger charge is -1.92. The van der Waals surface area contributed by atoms with Gasteiger partial charge in [0, 0.05) is 0 Å². The van der Waals surface area contributed by atoms with E-state index in [-0.39, 0.29) is 18.1 Å². The van der Waals surface area contributed by atoms with Crippen molar-refractivity contribution in [2.24, 2.45) is 0 Å². The number of nitrogens with one attached hydrogen (secondary N) is 1. The standard InChI is InChI=1S/C6H9NO2/c1-3-7-6(9)4-5(2)8/h3H,1,4H2,2H3,(H,7,9). The smallest absolute Gasteiger partial charge is 0.231 e. The molecule has 0 spiro atoms. The molecule has 1 N–H and O–H groups in total. The van der Waals surface area contributed by atoms with Crippen LogP contribution in [0.1, 0.15) is 13.3 Å². The Bertz CT molecular complexity index is 140. The lowest BCUT2D eigenvalue weighted by atomic mass is 10.3. The molecule has 0 aromatic heterocycles. The molecule has 0 rings (SSSR count). The van der Waals surface area contributed by atoms with Gasteiger partial charge in [-0.25, -0.2) is 0 Å². The third-order valence-electron chi connectivity index (χ3n) is 0.673. The van der Waals surface area contributed by atoms with Crippen LogP contribution in [-0.2, 0) is 9.59 Å². The Morgan fingerprint density at radius 1 is 1.67 bits per heavy atom. The summed E-state index contributed by atoms with van der Waals surface area (Å²) in [5.74, 6) is -0.452. The summed E-state index contributed by atoms with van der Waals surface area (Å²) in [4.78, 5) is 20.7. The van der Waals surface area contributed by atoms with E-state index in [9.17, 15) is 9.59 Å². The van der Waals surface area contributed by atoms with Crippen molar-refractivity contribution < 1.29 is 9.59 Å². The SMILES string of the molecule is C=CNC(=O)CC(C)=O. The molecule has 0 radical (unpaired) electrons.